The van der Waals surface area contributed by atoms with E-state index in [1.54, 1.807) is 0 Å². The minimum absolute atomic E-state index is 0.234. The average Bonchev–Trinajstić information content (AvgIpc) is 3.33. The molecule has 0 aliphatic carbocycles. The van der Waals surface area contributed by atoms with Gasteiger partial charge < -0.3 is 14.2 Å². The maximum atomic E-state index is 11.5. The van der Waals surface area contributed by atoms with E-state index in [4.69, 9.17) is 25.8 Å². The number of ether oxygens (including phenoxy) is 3. The van der Waals surface area contributed by atoms with E-state index in [2.05, 4.69) is 0 Å². The Labute approximate surface area is 143 Å². The summed E-state index contributed by atoms with van der Waals surface area (Å²) < 4.78 is 15.7. The third-order valence-electron chi connectivity index (χ3n) is 4.19. The van der Waals surface area contributed by atoms with E-state index < -0.39 is 5.60 Å². The van der Waals surface area contributed by atoms with Crippen LogP contribution in [0.3, 0.4) is 0 Å². The Hall–Kier alpha value is -1.26. The molecule has 1 aliphatic heterocycles. The molecule has 0 radical (unpaired) electrons. The van der Waals surface area contributed by atoms with Gasteiger partial charge in [-0.15, -0.1) is 0 Å². The molecule has 0 bridgehead atoms. The number of esters is 1. The van der Waals surface area contributed by atoms with E-state index in [1.807, 2.05) is 25.1 Å². The van der Waals surface area contributed by atoms with Crippen molar-refractivity contribution in [3.63, 3.8) is 0 Å². The summed E-state index contributed by atoms with van der Waals surface area (Å²) in [4.78, 5) is 11.5. The Bertz CT molecular complexity index is 526. The summed E-state index contributed by atoms with van der Waals surface area (Å²) in [6.45, 7) is 3.18. The second-order valence-corrected chi connectivity index (χ2v) is 6.46. The Morgan fingerprint density at radius 1 is 1.26 bits per heavy atom. The van der Waals surface area contributed by atoms with Crippen molar-refractivity contribution in [2.75, 3.05) is 20.3 Å². The highest BCUT2D eigenvalue weighted by molar-refractivity contribution is 6.31. The zero-order valence-corrected chi connectivity index (χ0v) is 14.7. The molecular weight excluding hydrogens is 316 g/mol. The quantitative estimate of drug-likeness (QED) is 0.362. The molecule has 128 valence electrons. The average molecular weight is 341 g/mol. The van der Waals surface area contributed by atoms with E-state index >= 15 is 0 Å². The van der Waals surface area contributed by atoms with E-state index in [0.717, 1.165) is 54.9 Å². The first-order valence-electron chi connectivity index (χ1n) is 8.19. The van der Waals surface area contributed by atoms with Crippen molar-refractivity contribution in [1.82, 2.24) is 0 Å². The van der Waals surface area contributed by atoms with Gasteiger partial charge in [0.05, 0.1) is 20.3 Å². The fraction of sp³-hybridized carbons (Fsp3) is 0.611. The number of methoxy groups -OCH3 is 1. The number of benzene rings is 1. The molecule has 5 heteroatoms. The first kappa shape index (κ1) is 18.1. The summed E-state index contributed by atoms with van der Waals surface area (Å²) in [5.74, 6) is 0.592. The number of hydrogen-bond donors (Lipinski definition) is 0. The molecule has 0 N–H and O–H groups in total. The van der Waals surface area contributed by atoms with Gasteiger partial charge in [-0.3, -0.25) is 0 Å². The lowest BCUT2D eigenvalue weighted by Gasteiger charge is -2.09. The second-order valence-electron chi connectivity index (χ2n) is 6.05. The lowest BCUT2D eigenvalue weighted by molar-refractivity contribution is -0.147. The highest BCUT2D eigenvalue weighted by Gasteiger charge is 2.52. The van der Waals surface area contributed by atoms with Gasteiger partial charge >= 0.3 is 5.97 Å². The van der Waals surface area contributed by atoms with Crippen LogP contribution < -0.4 is 4.74 Å². The molecule has 1 aromatic rings. The Morgan fingerprint density at radius 2 is 1.96 bits per heavy atom. The number of hydrogen-bond acceptors (Lipinski definition) is 4. The topological polar surface area (TPSA) is 48.1 Å². The molecule has 23 heavy (non-hydrogen) atoms. The van der Waals surface area contributed by atoms with Crippen molar-refractivity contribution in [3.05, 3.63) is 28.8 Å². The number of rotatable bonds is 10. The number of carbonyl (C=O) groups is 1. The molecule has 0 spiro atoms. The summed E-state index contributed by atoms with van der Waals surface area (Å²) in [6.07, 6.45) is 6.12. The summed E-state index contributed by atoms with van der Waals surface area (Å²) in [5.41, 5.74) is 0.436. The van der Waals surface area contributed by atoms with Crippen LogP contribution in [-0.2, 0) is 14.3 Å². The van der Waals surface area contributed by atoms with E-state index in [-0.39, 0.29) is 5.97 Å². The van der Waals surface area contributed by atoms with E-state index in [1.165, 1.54) is 7.11 Å². The largest absolute Gasteiger partial charge is 0.494 e. The van der Waals surface area contributed by atoms with Gasteiger partial charge in [-0.1, -0.05) is 36.9 Å². The van der Waals surface area contributed by atoms with Crippen molar-refractivity contribution < 1.29 is 19.0 Å². The van der Waals surface area contributed by atoms with Crippen molar-refractivity contribution in [2.45, 2.75) is 51.0 Å². The second kappa shape index (κ2) is 8.55. The number of halogens is 1. The molecule has 0 aromatic heterocycles. The maximum absolute atomic E-state index is 11.5. The van der Waals surface area contributed by atoms with Crippen LogP contribution in [0, 0.1) is 6.92 Å². The maximum Gasteiger partial charge on any atom is 0.340 e. The number of carbonyl (C=O) groups excluding carboxylic acids is 1. The Morgan fingerprint density at radius 3 is 2.61 bits per heavy atom. The lowest BCUT2D eigenvalue weighted by atomic mass is 10.0. The molecule has 1 fully saturated rings. The number of unbranched alkanes of at least 4 members (excludes halogenated alkanes) is 4. The van der Waals surface area contributed by atoms with Gasteiger partial charge in [-0.05, 0) is 43.9 Å². The molecule has 1 aromatic carbocycles. The van der Waals surface area contributed by atoms with Crippen LogP contribution in [0.5, 0.6) is 5.75 Å². The van der Waals surface area contributed by atoms with Crippen LogP contribution in [0.4, 0.5) is 0 Å². The minimum Gasteiger partial charge on any atom is -0.494 e. The monoisotopic (exact) mass is 340 g/mol. The highest BCUT2D eigenvalue weighted by Crippen LogP contribution is 2.34. The van der Waals surface area contributed by atoms with Crippen LogP contribution >= 0.6 is 11.6 Å². The van der Waals surface area contributed by atoms with Crippen LogP contribution in [0.1, 0.15) is 44.1 Å². The summed E-state index contributed by atoms with van der Waals surface area (Å²) in [5, 5.41) is 0.740. The van der Waals surface area contributed by atoms with E-state index in [9.17, 15) is 4.79 Å². The molecule has 0 amide bonds. The van der Waals surface area contributed by atoms with Crippen molar-refractivity contribution in [3.8, 4) is 5.75 Å². The van der Waals surface area contributed by atoms with Crippen molar-refractivity contribution >= 4 is 17.6 Å². The number of epoxide rings is 1. The van der Waals surface area contributed by atoms with E-state index in [0.29, 0.717) is 13.2 Å². The molecule has 1 aliphatic rings. The van der Waals surface area contributed by atoms with Gasteiger partial charge in [0, 0.05) is 5.02 Å². The third-order valence-corrected chi connectivity index (χ3v) is 4.59. The summed E-state index contributed by atoms with van der Waals surface area (Å²) in [7, 11) is 1.41. The van der Waals surface area contributed by atoms with Crippen LogP contribution in [0.25, 0.3) is 0 Å². The molecule has 1 unspecified atom stereocenters. The minimum atomic E-state index is -0.622. The summed E-state index contributed by atoms with van der Waals surface area (Å²) in [6, 6.07) is 5.77. The molecule has 1 atom stereocenters. The van der Waals surface area contributed by atoms with Crippen LogP contribution in [0.15, 0.2) is 18.2 Å². The van der Waals surface area contributed by atoms with Gasteiger partial charge in [0.15, 0.2) is 5.60 Å². The van der Waals surface area contributed by atoms with Gasteiger partial charge in [0.25, 0.3) is 0 Å². The van der Waals surface area contributed by atoms with Gasteiger partial charge in [-0.2, -0.15) is 0 Å². The first-order chi connectivity index (χ1) is 11.1. The van der Waals surface area contributed by atoms with Crippen molar-refractivity contribution in [1.29, 1.82) is 0 Å². The first-order valence-corrected chi connectivity index (χ1v) is 8.56. The fourth-order valence-corrected chi connectivity index (χ4v) is 2.70. The molecule has 1 saturated heterocycles. The van der Waals surface area contributed by atoms with Crippen LogP contribution in [0.2, 0.25) is 5.02 Å². The Kier molecular flexibility index (Phi) is 6.72. The molecule has 4 nitrogen and oxygen atoms in total. The normalized spacial score (nSPS) is 19.4. The van der Waals surface area contributed by atoms with Gasteiger partial charge in [0.1, 0.15) is 5.75 Å². The molecule has 0 saturated carbocycles. The summed E-state index contributed by atoms with van der Waals surface area (Å²) >= 11 is 6.06. The molecular formula is C18H25ClO4. The zero-order chi connectivity index (χ0) is 16.7. The molecule has 2 rings (SSSR count). The third kappa shape index (κ3) is 5.40. The molecule has 1 heterocycles. The van der Waals surface area contributed by atoms with Gasteiger partial charge in [0.2, 0.25) is 0 Å². The fourth-order valence-electron chi connectivity index (χ4n) is 2.53. The lowest BCUT2D eigenvalue weighted by Crippen LogP contribution is -2.25. The van der Waals surface area contributed by atoms with Crippen molar-refractivity contribution in [2.24, 2.45) is 0 Å². The smallest absolute Gasteiger partial charge is 0.340 e. The number of aryl methyl sites for hydroxylation is 1. The Balaban J connectivity index is 1.50. The SMILES string of the molecule is COC(=O)C1(CCCCCCCOc2ccc(C)c(Cl)c2)CO1. The highest BCUT2D eigenvalue weighted by atomic mass is 35.5. The van der Waals surface area contributed by atoms with Gasteiger partial charge in [-0.25, -0.2) is 4.79 Å². The zero-order valence-electron chi connectivity index (χ0n) is 13.9. The predicted octanol–water partition coefficient (Wildman–Crippen LogP) is 4.31. The van der Waals surface area contributed by atoms with Crippen LogP contribution in [-0.4, -0.2) is 31.9 Å². The predicted molar refractivity (Wildman–Crippen MR) is 90.1 cm³/mol. The standard InChI is InChI=1S/C18H25ClO4/c1-14-8-9-15(12-16(14)19)22-11-7-5-3-4-6-10-18(13-23-18)17(20)21-2/h8-9,12H,3-7,10-11,13H2,1-2H3.